The molecule has 0 aliphatic rings. The smallest absolute Gasteiger partial charge is 0.322 e. The highest BCUT2D eigenvalue weighted by Gasteiger charge is 2.37. The molecule has 2 rings (SSSR count). The van der Waals surface area contributed by atoms with E-state index in [-0.39, 0.29) is 34.1 Å². The molecule has 0 bridgehead atoms. The van der Waals surface area contributed by atoms with E-state index in [2.05, 4.69) is 56.1 Å². The Morgan fingerprint density at radius 2 is 1.84 bits per heavy atom. The SMILES string of the molecule is CCc1ccc(N(Cc2cnc(Cl)nc2Cl)C(=O)NC(C)CO[Si](C)(C)C(C)(C)C)cc1. The third kappa shape index (κ3) is 7.17. The van der Waals surface area contributed by atoms with Gasteiger partial charge in [-0.2, -0.15) is 0 Å². The Labute approximate surface area is 202 Å². The van der Waals surface area contributed by atoms with Gasteiger partial charge in [-0.1, -0.05) is 51.4 Å². The van der Waals surface area contributed by atoms with E-state index in [0.29, 0.717) is 12.2 Å². The number of carbonyl (C=O) groups is 1. The number of nitrogens with one attached hydrogen (secondary N) is 1. The van der Waals surface area contributed by atoms with Crippen molar-refractivity contribution in [3.63, 3.8) is 0 Å². The molecule has 176 valence electrons. The van der Waals surface area contributed by atoms with Crippen LogP contribution in [-0.2, 0) is 17.4 Å². The summed E-state index contributed by atoms with van der Waals surface area (Å²) in [5.41, 5.74) is 2.55. The second-order valence-electron chi connectivity index (χ2n) is 9.48. The molecule has 9 heteroatoms. The van der Waals surface area contributed by atoms with Crippen molar-refractivity contribution in [1.82, 2.24) is 15.3 Å². The van der Waals surface area contributed by atoms with Gasteiger partial charge in [0.1, 0.15) is 5.15 Å². The van der Waals surface area contributed by atoms with Gasteiger partial charge in [0.2, 0.25) is 5.28 Å². The maximum absolute atomic E-state index is 13.3. The molecule has 1 atom stereocenters. The molecule has 1 N–H and O–H groups in total. The molecular weight excluding hydrogens is 463 g/mol. The van der Waals surface area contributed by atoms with Gasteiger partial charge in [-0.3, -0.25) is 4.90 Å². The van der Waals surface area contributed by atoms with Crippen LogP contribution in [0, 0.1) is 0 Å². The quantitative estimate of drug-likeness (QED) is 0.258. The van der Waals surface area contributed by atoms with Crippen molar-refractivity contribution in [2.75, 3.05) is 11.5 Å². The van der Waals surface area contributed by atoms with Gasteiger partial charge in [-0.25, -0.2) is 14.8 Å². The van der Waals surface area contributed by atoms with Gasteiger partial charge >= 0.3 is 6.03 Å². The van der Waals surface area contributed by atoms with Crippen molar-refractivity contribution in [3.8, 4) is 0 Å². The second-order valence-corrected chi connectivity index (χ2v) is 15.0. The average molecular weight is 498 g/mol. The number of carbonyl (C=O) groups excluding carboxylic acids is 1. The Bertz CT molecular complexity index is 917. The zero-order chi connectivity index (χ0) is 24.1. The summed E-state index contributed by atoms with van der Waals surface area (Å²) in [5, 5.41) is 3.46. The van der Waals surface area contributed by atoms with Gasteiger partial charge in [-0.15, -0.1) is 0 Å². The van der Waals surface area contributed by atoms with Crippen LogP contribution in [-0.4, -0.2) is 37.0 Å². The molecule has 0 fully saturated rings. The molecule has 0 saturated heterocycles. The monoisotopic (exact) mass is 496 g/mol. The number of halogens is 2. The molecule has 2 amide bonds. The summed E-state index contributed by atoms with van der Waals surface area (Å²) in [6, 6.07) is 7.48. The molecule has 1 aromatic heterocycles. The number of amides is 2. The normalized spacial score (nSPS) is 13.0. The Morgan fingerprint density at radius 3 is 2.38 bits per heavy atom. The molecule has 1 unspecified atom stereocenters. The molecule has 1 aromatic carbocycles. The van der Waals surface area contributed by atoms with E-state index in [1.165, 1.54) is 5.56 Å². The van der Waals surface area contributed by atoms with Gasteiger partial charge in [0.15, 0.2) is 8.32 Å². The Hall–Kier alpha value is -1.67. The van der Waals surface area contributed by atoms with Gasteiger partial charge in [0.05, 0.1) is 13.2 Å². The van der Waals surface area contributed by atoms with Crippen molar-refractivity contribution in [1.29, 1.82) is 0 Å². The molecule has 6 nitrogen and oxygen atoms in total. The van der Waals surface area contributed by atoms with Crippen molar-refractivity contribution < 1.29 is 9.22 Å². The molecule has 32 heavy (non-hydrogen) atoms. The van der Waals surface area contributed by atoms with Gasteiger partial charge in [-0.05, 0) is 60.8 Å². The minimum Gasteiger partial charge on any atom is -0.415 e. The third-order valence-corrected chi connectivity index (χ3v) is 10.9. The van der Waals surface area contributed by atoms with E-state index in [1.54, 1.807) is 11.1 Å². The highest BCUT2D eigenvalue weighted by atomic mass is 35.5. The van der Waals surface area contributed by atoms with E-state index in [0.717, 1.165) is 12.1 Å². The van der Waals surface area contributed by atoms with Crippen LogP contribution in [0.15, 0.2) is 30.5 Å². The molecule has 2 aromatic rings. The summed E-state index contributed by atoms with van der Waals surface area (Å²) in [5.74, 6) is 0. The lowest BCUT2D eigenvalue weighted by Gasteiger charge is -2.37. The largest absolute Gasteiger partial charge is 0.415 e. The van der Waals surface area contributed by atoms with E-state index in [4.69, 9.17) is 27.6 Å². The maximum atomic E-state index is 13.3. The van der Waals surface area contributed by atoms with E-state index < -0.39 is 8.32 Å². The molecule has 0 aliphatic carbocycles. The fourth-order valence-corrected chi connectivity index (χ4v) is 4.18. The number of aryl methyl sites for hydroxylation is 1. The van der Waals surface area contributed by atoms with Crippen molar-refractivity contribution in [3.05, 3.63) is 52.0 Å². The van der Waals surface area contributed by atoms with Crippen LogP contribution >= 0.6 is 23.2 Å². The number of urea groups is 1. The predicted octanol–water partition coefficient (Wildman–Crippen LogP) is 6.47. The number of benzene rings is 1. The lowest BCUT2D eigenvalue weighted by molar-refractivity contribution is 0.225. The number of anilines is 1. The standard InChI is InChI=1S/C23H34Cl2N4O2Si/c1-8-17-9-11-19(12-10-17)29(14-18-13-26-21(25)28-20(18)24)22(30)27-16(2)15-31-32(6,7)23(3,4)5/h9-13,16H,8,14-15H2,1-7H3,(H,27,30). The van der Waals surface area contributed by atoms with Crippen LogP contribution in [0.3, 0.4) is 0 Å². The van der Waals surface area contributed by atoms with Crippen LogP contribution < -0.4 is 10.2 Å². The number of rotatable bonds is 8. The summed E-state index contributed by atoms with van der Waals surface area (Å²) >= 11 is 12.1. The second kappa shape index (κ2) is 11.0. The van der Waals surface area contributed by atoms with Crippen LogP contribution in [0.5, 0.6) is 0 Å². The van der Waals surface area contributed by atoms with Crippen LogP contribution in [0.1, 0.15) is 45.7 Å². The van der Waals surface area contributed by atoms with Crippen LogP contribution in [0.25, 0.3) is 0 Å². The zero-order valence-electron chi connectivity index (χ0n) is 20.0. The molecule has 1 heterocycles. The fourth-order valence-electron chi connectivity index (χ4n) is 2.71. The Morgan fingerprint density at radius 1 is 1.22 bits per heavy atom. The number of hydrogen-bond acceptors (Lipinski definition) is 4. The molecular formula is C23H34Cl2N4O2Si. The minimum atomic E-state index is -1.91. The van der Waals surface area contributed by atoms with Gasteiger partial charge in [0, 0.05) is 23.5 Å². The zero-order valence-corrected chi connectivity index (χ0v) is 22.5. The average Bonchev–Trinajstić information content (AvgIpc) is 2.71. The first-order valence-electron chi connectivity index (χ1n) is 10.8. The molecule has 0 aliphatic heterocycles. The molecule has 0 spiro atoms. The van der Waals surface area contributed by atoms with Crippen LogP contribution in [0.4, 0.5) is 10.5 Å². The fraction of sp³-hybridized carbons (Fsp3) is 0.522. The molecule has 0 saturated carbocycles. The first-order chi connectivity index (χ1) is 14.8. The first kappa shape index (κ1) is 26.6. The Balaban J connectivity index is 2.19. The minimum absolute atomic E-state index is 0.0680. The van der Waals surface area contributed by atoms with E-state index in [9.17, 15) is 4.79 Å². The summed E-state index contributed by atoms with van der Waals surface area (Å²) in [6.45, 7) is 15.7. The summed E-state index contributed by atoms with van der Waals surface area (Å²) in [4.78, 5) is 22.9. The topological polar surface area (TPSA) is 67.4 Å². The number of aromatic nitrogens is 2. The lowest BCUT2D eigenvalue weighted by Crippen LogP contribution is -2.48. The highest BCUT2D eigenvalue weighted by molar-refractivity contribution is 6.74. The summed E-state index contributed by atoms with van der Waals surface area (Å²) in [7, 11) is -1.91. The third-order valence-electron chi connectivity index (χ3n) is 5.88. The van der Waals surface area contributed by atoms with Crippen LogP contribution in [0.2, 0.25) is 28.6 Å². The lowest BCUT2D eigenvalue weighted by atomic mass is 10.1. The number of nitrogens with zero attached hydrogens (tertiary/aromatic N) is 3. The molecule has 0 radical (unpaired) electrons. The van der Waals surface area contributed by atoms with E-state index >= 15 is 0 Å². The van der Waals surface area contributed by atoms with Crippen molar-refractivity contribution >= 4 is 43.2 Å². The van der Waals surface area contributed by atoms with E-state index in [1.807, 2.05) is 31.2 Å². The van der Waals surface area contributed by atoms with Crippen molar-refractivity contribution in [2.24, 2.45) is 0 Å². The highest BCUT2D eigenvalue weighted by Crippen LogP contribution is 2.36. The van der Waals surface area contributed by atoms with Gasteiger partial charge < -0.3 is 9.74 Å². The number of hydrogen-bond donors (Lipinski definition) is 1. The van der Waals surface area contributed by atoms with Gasteiger partial charge in [0.25, 0.3) is 0 Å². The first-order valence-corrected chi connectivity index (χ1v) is 14.5. The predicted molar refractivity (Wildman–Crippen MR) is 135 cm³/mol. The maximum Gasteiger partial charge on any atom is 0.322 e. The Kier molecular flexibility index (Phi) is 9.11. The summed E-state index contributed by atoms with van der Waals surface area (Å²) < 4.78 is 6.27. The summed E-state index contributed by atoms with van der Waals surface area (Å²) in [6.07, 6.45) is 2.47. The van der Waals surface area contributed by atoms with Crippen molar-refractivity contribution in [2.45, 2.75) is 71.8 Å².